The van der Waals surface area contributed by atoms with Crippen LogP contribution in [0.25, 0.3) is 10.9 Å². The monoisotopic (exact) mass is 320 g/mol. The number of hydrogen-bond acceptors (Lipinski definition) is 2. The molecule has 4 nitrogen and oxygen atoms in total. The van der Waals surface area contributed by atoms with Gasteiger partial charge in [0.2, 0.25) is 0 Å². The average Bonchev–Trinajstić information content (AvgIpc) is 2.88. The van der Waals surface area contributed by atoms with Crippen molar-refractivity contribution in [2.45, 2.75) is 57.9 Å². The highest BCUT2D eigenvalue weighted by molar-refractivity contribution is 7.88. The van der Waals surface area contributed by atoms with Crippen LogP contribution in [0.1, 0.15) is 57.4 Å². The van der Waals surface area contributed by atoms with E-state index in [0.717, 1.165) is 42.1 Å². The molecule has 1 aromatic carbocycles. The first kappa shape index (κ1) is 15.6. The number of rotatable bonds is 4. The third kappa shape index (κ3) is 2.92. The molecule has 5 heteroatoms. The molecular formula is C17H24N2O2S. The summed E-state index contributed by atoms with van der Waals surface area (Å²) in [6.45, 7) is 4.18. The lowest BCUT2D eigenvalue weighted by Gasteiger charge is -2.23. The van der Waals surface area contributed by atoms with Crippen LogP contribution in [-0.2, 0) is 10.2 Å². The summed E-state index contributed by atoms with van der Waals surface area (Å²) in [5.74, 6) is 0.288. The second kappa shape index (κ2) is 6.05. The van der Waals surface area contributed by atoms with Gasteiger partial charge in [0.1, 0.15) is 0 Å². The maximum atomic E-state index is 12.8. The van der Waals surface area contributed by atoms with Gasteiger partial charge in [-0.1, -0.05) is 51.3 Å². The minimum atomic E-state index is -3.53. The molecule has 1 aliphatic carbocycles. The normalized spacial score (nSPS) is 17.4. The number of fused-ring (bicyclic) bond motifs is 1. The summed E-state index contributed by atoms with van der Waals surface area (Å²) in [6.07, 6.45) is 7.08. The standard InChI is InChI=1S/C17H24N2O2S/c1-13(2)16-12-19(17-11-7-6-10-15(16)17)22(20,21)18-14-8-4-3-5-9-14/h6-7,10-14,18H,3-5,8-9H2,1-2H3. The summed E-state index contributed by atoms with van der Waals surface area (Å²) < 4.78 is 29.9. The molecule has 1 saturated carbocycles. The van der Waals surface area contributed by atoms with Crippen LogP contribution in [0.2, 0.25) is 0 Å². The van der Waals surface area contributed by atoms with Gasteiger partial charge in [0.05, 0.1) is 5.52 Å². The van der Waals surface area contributed by atoms with Gasteiger partial charge in [0.15, 0.2) is 0 Å². The molecule has 0 radical (unpaired) electrons. The molecule has 0 unspecified atom stereocenters. The Morgan fingerprint density at radius 1 is 1.14 bits per heavy atom. The van der Waals surface area contributed by atoms with Crippen LogP contribution < -0.4 is 4.72 Å². The highest BCUT2D eigenvalue weighted by Gasteiger charge is 2.24. The molecule has 0 spiro atoms. The van der Waals surface area contributed by atoms with E-state index in [2.05, 4.69) is 18.6 Å². The lowest BCUT2D eigenvalue weighted by molar-refractivity contribution is 0.411. The van der Waals surface area contributed by atoms with Crippen LogP contribution in [0, 0.1) is 0 Å². The predicted octanol–water partition coefficient (Wildman–Crippen LogP) is 3.78. The van der Waals surface area contributed by atoms with E-state index in [1.807, 2.05) is 24.3 Å². The van der Waals surface area contributed by atoms with Crippen LogP contribution in [-0.4, -0.2) is 18.4 Å². The zero-order valence-electron chi connectivity index (χ0n) is 13.2. The quantitative estimate of drug-likeness (QED) is 0.932. The molecule has 120 valence electrons. The molecule has 1 fully saturated rings. The van der Waals surface area contributed by atoms with Gasteiger partial charge in [0, 0.05) is 17.6 Å². The maximum absolute atomic E-state index is 12.8. The van der Waals surface area contributed by atoms with E-state index < -0.39 is 10.2 Å². The summed E-state index contributed by atoms with van der Waals surface area (Å²) in [4.78, 5) is 0. The molecule has 1 N–H and O–H groups in total. The number of benzene rings is 1. The Labute approximate surface area is 132 Å². The molecular weight excluding hydrogens is 296 g/mol. The van der Waals surface area contributed by atoms with Gasteiger partial charge >= 0.3 is 10.2 Å². The average molecular weight is 320 g/mol. The van der Waals surface area contributed by atoms with Crippen molar-refractivity contribution in [3.63, 3.8) is 0 Å². The molecule has 3 rings (SSSR count). The van der Waals surface area contributed by atoms with Gasteiger partial charge in [0.25, 0.3) is 0 Å². The number of aromatic nitrogens is 1. The first-order valence-corrected chi connectivity index (χ1v) is 9.56. The van der Waals surface area contributed by atoms with Crippen molar-refractivity contribution >= 4 is 21.1 Å². The first-order chi connectivity index (χ1) is 10.5. The maximum Gasteiger partial charge on any atom is 0.305 e. The number of nitrogens with one attached hydrogen (secondary N) is 1. The van der Waals surface area contributed by atoms with Crippen molar-refractivity contribution in [3.8, 4) is 0 Å². The second-order valence-corrected chi connectivity index (χ2v) is 8.09. The largest absolute Gasteiger partial charge is 0.305 e. The van der Waals surface area contributed by atoms with Gasteiger partial charge in [-0.25, -0.2) is 3.97 Å². The Morgan fingerprint density at radius 2 is 1.82 bits per heavy atom. The van der Waals surface area contributed by atoms with Crippen molar-refractivity contribution in [2.75, 3.05) is 0 Å². The molecule has 2 aromatic rings. The smallest absolute Gasteiger partial charge is 0.232 e. The Balaban J connectivity index is 2.01. The third-order valence-electron chi connectivity index (χ3n) is 4.51. The fourth-order valence-electron chi connectivity index (χ4n) is 3.32. The Kier molecular flexibility index (Phi) is 4.28. The topological polar surface area (TPSA) is 51.1 Å². The van der Waals surface area contributed by atoms with Crippen molar-refractivity contribution in [1.29, 1.82) is 0 Å². The van der Waals surface area contributed by atoms with Gasteiger partial charge < -0.3 is 0 Å². The molecule has 1 aliphatic rings. The molecule has 0 bridgehead atoms. The highest BCUT2D eigenvalue weighted by Crippen LogP contribution is 2.28. The van der Waals surface area contributed by atoms with Crippen molar-refractivity contribution in [2.24, 2.45) is 0 Å². The van der Waals surface area contributed by atoms with Gasteiger partial charge in [-0.05, 0) is 30.4 Å². The summed E-state index contributed by atoms with van der Waals surface area (Å²) >= 11 is 0. The summed E-state index contributed by atoms with van der Waals surface area (Å²) in [5, 5.41) is 1.02. The molecule has 0 saturated heterocycles. The number of hydrogen-bond donors (Lipinski definition) is 1. The van der Waals surface area contributed by atoms with Crippen LogP contribution in [0.4, 0.5) is 0 Å². The van der Waals surface area contributed by atoms with E-state index >= 15 is 0 Å². The van der Waals surface area contributed by atoms with E-state index in [9.17, 15) is 8.42 Å². The second-order valence-electron chi connectivity index (χ2n) is 6.51. The summed E-state index contributed by atoms with van der Waals surface area (Å²) in [7, 11) is -3.53. The van der Waals surface area contributed by atoms with E-state index in [1.165, 1.54) is 10.4 Å². The zero-order valence-corrected chi connectivity index (χ0v) is 14.1. The van der Waals surface area contributed by atoms with E-state index in [-0.39, 0.29) is 12.0 Å². The minimum absolute atomic E-state index is 0.0717. The van der Waals surface area contributed by atoms with Gasteiger partial charge in [-0.2, -0.15) is 13.1 Å². The first-order valence-electron chi connectivity index (χ1n) is 8.12. The molecule has 0 amide bonds. The Hall–Kier alpha value is -1.33. The lowest BCUT2D eigenvalue weighted by atomic mass is 9.96. The summed E-state index contributed by atoms with van der Waals surface area (Å²) in [5.41, 5.74) is 1.83. The van der Waals surface area contributed by atoms with Crippen molar-refractivity contribution < 1.29 is 8.42 Å². The van der Waals surface area contributed by atoms with Crippen molar-refractivity contribution in [1.82, 2.24) is 8.69 Å². The van der Waals surface area contributed by atoms with E-state index in [4.69, 9.17) is 0 Å². The van der Waals surface area contributed by atoms with Gasteiger partial charge in [-0.3, -0.25) is 0 Å². The van der Waals surface area contributed by atoms with Gasteiger partial charge in [-0.15, -0.1) is 0 Å². The van der Waals surface area contributed by atoms with Crippen LogP contribution in [0.3, 0.4) is 0 Å². The minimum Gasteiger partial charge on any atom is -0.232 e. The van der Waals surface area contributed by atoms with Crippen LogP contribution in [0.15, 0.2) is 30.5 Å². The Morgan fingerprint density at radius 3 is 2.50 bits per heavy atom. The number of nitrogens with zero attached hydrogens (tertiary/aromatic N) is 1. The molecule has 0 atom stereocenters. The Bertz CT molecular complexity index is 756. The molecule has 22 heavy (non-hydrogen) atoms. The molecule has 1 aromatic heterocycles. The zero-order chi connectivity index (χ0) is 15.7. The van der Waals surface area contributed by atoms with Crippen LogP contribution >= 0.6 is 0 Å². The fraction of sp³-hybridized carbons (Fsp3) is 0.529. The van der Waals surface area contributed by atoms with E-state index in [1.54, 1.807) is 6.20 Å². The fourth-order valence-corrected chi connectivity index (χ4v) is 4.76. The molecule has 0 aliphatic heterocycles. The third-order valence-corrected chi connectivity index (χ3v) is 5.96. The van der Waals surface area contributed by atoms with E-state index in [0.29, 0.717) is 0 Å². The molecule has 1 heterocycles. The summed E-state index contributed by atoms with van der Waals surface area (Å²) in [6, 6.07) is 7.79. The number of para-hydroxylation sites is 1. The lowest BCUT2D eigenvalue weighted by Crippen LogP contribution is -2.39. The van der Waals surface area contributed by atoms with Crippen molar-refractivity contribution in [3.05, 3.63) is 36.0 Å². The SMILES string of the molecule is CC(C)c1cn(S(=O)(=O)NC2CCCCC2)c2ccccc12. The highest BCUT2D eigenvalue weighted by atomic mass is 32.2. The predicted molar refractivity (Wildman–Crippen MR) is 90.4 cm³/mol. The van der Waals surface area contributed by atoms with Crippen LogP contribution in [0.5, 0.6) is 0 Å².